The van der Waals surface area contributed by atoms with Crippen molar-refractivity contribution >= 4 is 0 Å². The van der Waals surface area contributed by atoms with Crippen LogP contribution in [0.3, 0.4) is 0 Å². The molecule has 2 heteroatoms. The third-order valence-electron chi connectivity index (χ3n) is 2.46. The topological polar surface area (TPSA) is 29.3 Å². The largest absolute Gasteiger partial charge is 0.327 e. The summed E-state index contributed by atoms with van der Waals surface area (Å²) in [4.78, 5) is 2.36. The average molecular weight is 154 g/mol. The van der Waals surface area contributed by atoms with Crippen LogP contribution in [0.1, 0.15) is 19.3 Å². The summed E-state index contributed by atoms with van der Waals surface area (Å²) in [6.45, 7) is 5.48. The van der Waals surface area contributed by atoms with Gasteiger partial charge in [-0.2, -0.15) is 0 Å². The van der Waals surface area contributed by atoms with E-state index in [1.807, 2.05) is 0 Å². The monoisotopic (exact) mass is 154 g/mol. The smallest absolute Gasteiger partial charge is 0.0202 e. The molecule has 0 aromatic rings. The van der Waals surface area contributed by atoms with Crippen molar-refractivity contribution in [2.75, 3.05) is 20.1 Å². The second kappa shape index (κ2) is 3.88. The molecule has 0 bridgehead atoms. The van der Waals surface area contributed by atoms with Crippen LogP contribution < -0.4 is 5.73 Å². The molecule has 1 aliphatic rings. The van der Waals surface area contributed by atoms with E-state index in [2.05, 4.69) is 18.5 Å². The van der Waals surface area contributed by atoms with Crippen LogP contribution in [0, 0.1) is 0 Å². The molecule has 0 atom stereocenters. The standard InChI is InChI=1S/C9H18N2/c1-8(6-10)7-11(2)9-4-3-5-9/h9H,1,3-7,10H2,2H3. The molecule has 1 aliphatic carbocycles. The molecule has 1 fully saturated rings. The molecule has 1 rings (SSSR count). The third kappa shape index (κ3) is 2.31. The van der Waals surface area contributed by atoms with Gasteiger partial charge in [-0.15, -0.1) is 0 Å². The summed E-state index contributed by atoms with van der Waals surface area (Å²) in [5.74, 6) is 0. The van der Waals surface area contributed by atoms with Gasteiger partial charge in [0.1, 0.15) is 0 Å². The van der Waals surface area contributed by atoms with Crippen molar-refractivity contribution in [2.24, 2.45) is 5.73 Å². The van der Waals surface area contributed by atoms with Crippen molar-refractivity contribution in [3.05, 3.63) is 12.2 Å². The molecular weight excluding hydrogens is 136 g/mol. The van der Waals surface area contributed by atoms with E-state index in [0.717, 1.165) is 18.2 Å². The second-order valence-electron chi connectivity index (χ2n) is 3.45. The van der Waals surface area contributed by atoms with Crippen LogP contribution in [-0.2, 0) is 0 Å². The lowest BCUT2D eigenvalue weighted by Gasteiger charge is -2.35. The van der Waals surface area contributed by atoms with E-state index >= 15 is 0 Å². The van der Waals surface area contributed by atoms with Gasteiger partial charge in [-0.1, -0.05) is 13.0 Å². The van der Waals surface area contributed by atoms with Gasteiger partial charge in [0, 0.05) is 19.1 Å². The normalized spacial score (nSPS) is 18.5. The summed E-state index contributed by atoms with van der Waals surface area (Å²) in [5, 5.41) is 0. The number of nitrogens with zero attached hydrogens (tertiary/aromatic N) is 1. The Labute approximate surface area is 69.1 Å². The van der Waals surface area contributed by atoms with Crippen molar-refractivity contribution in [2.45, 2.75) is 25.3 Å². The van der Waals surface area contributed by atoms with Gasteiger partial charge in [0.2, 0.25) is 0 Å². The quantitative estimate of drug-likeness (QED) is 0.612. The van der Waals surface area contributed by atoms with E-state index in [1.54, 1.807) is 0 Å². The maximum Gasteiger partial charge on any atom is 0.0202 e. The molecule has 2 N–H and O–H groups in total. The van der Waals surface area contributed by atoms with E-state index < -0.39 is 0 Å². The minimum atomic E-state index is 0.622. The SMILES string of the molecule is C=C(CN)CN(C)C1CCC1. The molecule has 0 aliphatic heterocycles. The molecule has 0 amide bonds. The van der Waals surface area contributed by atoms with Crippen LogP contribution >= 0.6 is 0 Å². The van der Waals surface area contributed by atoms with Crippen molar-refractivity contribution in [3.63, 3.8) is 0 Å². The molecule has 0 saturated heterocycles. The summed E-state index contributed by atoms with van der Waals surface area (Å²) < 4.78 is 0. The summed E-state index contributed by atoms with van der Waals surface area (Å²) >= 11 is 0. The first-order valence-corrected chi connectivity index (χ1v) is 4.31. The highest BCUT2D eigenvalue weighted by molar-refractivity contribution is 4.99. The Morgan fingerprint density at radius 3 is 2.64 bits per heavy atom. The summed E-state index contributed by atoms with van der Waals surface area (Å²) in [6, 6.07) is 0.804. The van der Waals surface area contributed by atoms with Crippen molar-refractivity contribution in [1.82, 2.24) is 4.90 Å². The van der Waals surface area contributed by atoms with Crippen molar-refractivity contribution < 1.29 is 0 Å². The zero-order chi connectivity index (χ0) is 8.27. The fourth-order valence-electron chi connectivity index (χ4n) is 1.37. The van der Waals surface area contributed by atoms with E-state index in [0.29, 0.717) is 6.54 Å². The lowest BCUT2D eigenvalue weighted by Crippen LogP contribution is -2.38. The van der Waals surface area contributed by atoms with Crippen LogP contribution in [0.2, 0.25) is 0 Å². The summed E-state index contributed by atoms with van der Waals surface area (Å²) in [6.07, 6.45) is 4.10. The highest BCUT2D eigenvalue weighted by atomic mass is 15.1. The summed E-state index contributed by atoms with van der Waals surface area (Å²) in [5.41, 5.74) is 6.59. The van der Waals surface area contributed by atoms with E-state index in [-0.39, 0.29) is 0 Å². The van der Waals surface area contributed by atoms with Crippen LogP contribution in [0.25, 0.3) is 0 Å². The first kappa shape index (κ1) is 8.75. The second-order valence-corrected chi connectivity index (χ2v) is 3.45. The minimum absolute atomic E-state index is 0.622. The zero-order valence-electron chi connectivity index (χ0n) is 7.34. The number of hydrogen-bond donors (Lipinski definition) is 1. The molecule has 0 heterocycles. The first-order chi connectivity index (χ1) is 5.24. The maximum atomic E-state index is 5.45. The van der Waals surface area contributed by atoms with Gasteiger partial charge >= 0.3 is 0 Å². The Hall–Kier alpha value is -0.340. The van der Waals surface area contributed by atoms with Crippen molar-refractivity contribution in [3.8, 4) is 0 Å². The fraction of sp³-hybridized carbons (Fsp3) is 0.778. The van der Waals surface area contributed by atoms with Gasteiger partial charge in [0.25, 0.3) is 0 Å². The Kier molecular flexibility index (Phi) is 3.09. The Morgan fingerprint density at radius 1 is 1.64 bits per heavy atom. The van der Waals surface area contributed by atoms with E-state index in [9.17, 15) is 0 Å². The van der Waals surface area contributed by atoms with Gasteiger partial charge in [-0.05, 0) is 25.5 Å². The highest BCUT2D eigenvalue weighted by Crippen LogP contribution is 2.23. The Balaban J connectivity index is 2.19. The van der Waals surface area contributed by atoms with Gasteiger partial charge < -0.3 is 5.73 Å². The van der Waals surface area contributed by atoms with Gasteiger partial charge in [-0.3, -0.25) is 4.90 Å². The molecule has 1 saturated carbocycles. The molecule has 0 aromatic carbocycles. The van der Waals surface area contributed by atoms with E-state index in [4.69, 9.17) is 5.73 Å². The Morgan fingerprint density at radius 2 is 2.27 bits per heavy atom. The van der Waals surface area contributed by atoms with Crippen molar-refractivity contribution in [1.29, 1.82) is 0 Å². The molecule has 0 aromatic heterocycles. The van der Waals surface area contributed by atoms with Crippen LogP contribution in [0.4, 0.5) is 0 Å². The molecule has 0 radical (unpaired) electrons. The summed E-state index contributed by atoms with van der Waals surface area (Å²) in [7, 11) is 2.16. The van der Waals surface area contributed by atoms with E-state index in [1.165, 1.54) is 19.3 Å². The first-order valence-electron chi connectivity index (χ1n) is 4.31. The molecule has 64 valence electrons. The fourth-order valence-corrected chi connectivity index (χ4v) is 1.37. The predicted molar refractivity (Wildman–Crippen MR) is 48.5 cm³/mol. The number of likely N-dealkylation sites (N-methyl/N-ethyl adjacent to an activating group) is 1. The molecule has 0 unspecified atom stereocenters. The van der Waals surface area contributed by atoms with Crippen LogP contribution in [-0.4, -0.2) is 31.1 Å². The van der Waals surface area contributed by atoms with Crippen LogP contribution in [0.15, 0.2) is 12.2 Å². The molecule has 0 spiro atoms. The number of hydrogen-bond acceptors (Lipinski definition) is 2. The van der Waals surface area contributed by atoms with Gasteiger partial charge in [0.15, 0.2) is 0 Å². The van der Waals surface area contributed by atoms with Crippen LogP contribution in [0.5, 0.6) is 0 Å². The third-order valence-corrected chi connectivity index (χ3v) is 2.46. The highest BCUT2D eigenvalue weighted by Gasteiger charge is 2.21. The number of nitrogens with two attached hydrogens (primary N) is 1. The average Bonchev–Trinajstić information content (AvgIpc) is 1.83. The molecular formula is C9H18N2. The van der Waals surface area contributed by atoms with Gasteiger partial charge in [0.05, 0.1) is 0 Å². The number of rotatable bonds is 4. The zero-order valence-corrected chi connectivity index (χ0v) is 7.34. The van der Waals surface area contributed by atoms with Gasteiger partial charge in [-0.25, -0.2) is 0 Å². The predicted octanol–water partition coefficient (Wildman–Crippen LogP) is 0.986. The lowest BCUT2D eigenvalue weighted by atomic mass is 9.91. The lowest BCUT2D eigenvalue weighted by molar-refractivity contribution is 0.172. The maximum absolute atomic E-state index is 5.45. The molecule has 2 nitrogen and oxygen atoms in total. The Bertz CT molecular complexity index is 138. The minimum Gasteiger partial charge on any atom is -0.327 e. The molecule has 11 heavy (non-hydrogen) atoms.